The van der Waals surface area contributed by atoms with E-state index in [0.29, 0.717) is 24.2 Å². The molecule has 2 aromatic carbocycles. The van der Waals surface area contributed by atoms with Crippen LogP contribution in [0.25, 0.3) is 11.6 Å². The normalized spacial score (nSPS) is 15.4. The number of sulfonamides is 1. The van der Waals surface area contributed by atoms with Gasteiger partial charge in [0.25, 0.3) is 5.91 Å². The van der Waals surface area contributed by atoms with Crippen molar-refractivity contribution in [1.82, 2.24) is 9.21 Å². The van der Waals surface area contributed by atoms with Crippen molar-refractivity contribution in [3.63, 3.8) is 0 Å². The van der Waals surface area contributed by atoms with E-state index in [4.69, 9.17) is 0 Å². The molecule has 0 saturated carbocycles. The summed E-state index contributed by atoms with van der Waals surface area (Å²) in [6.07, 6.45) is 1.90. The van der Waals surface area contributed by atoms with Crippen molar-refractivity contribution in [1.29, 1.82) is 0 Å². The van der Waals surface area contributed by atoms with E-state index in [-0.39, 0.29) is 29.7 Å². The lowest BCUT2D eigenvalue weighted by Crippen LogP contribution is -2.50. The third-order valence-electron chi connectivity index (χ3n) is 5.79. The van der Waals surface area contributed by atoms with Crippen LogP contribution in [0.5, 0.6) is 0 Å². The number of amides is 1. The summed E-state index contributed by atoms with van der Waals surface area (Å²) >= 11 is 1.51. The first kappa shape index (κ1) is 24.1. The smallest absolute Gasteiger partial charge is 0.255 e. The van der Waals surface area contributed by atoms with E-state index in [9.17, 15) is 18.0 Å². The molecule has 0 radical (unpaired) electrons. The van der Waals surface area contributed by atoms with Gasteiger partial charge in [-0.05, 0) is 49.1 Å². The highest BCUT2D eigenvalue weighted by molar-refractivity contribution is 7.89. The SMILES string of the molecule is CC(=O)c1ccc(S(=O)(=O)N2CCN(C(=O)C(=Cc3cccc(C)c3)c3cccs3)CC2)cc1. The second kappa shape index (κ2) is 10.0. The quantitative estimate of drug-likeness (QED) is 0.378. The molecule has 176 valence electrons. The number of thiophene rings is 1. The number of aryl methyl sites for hydroxylation is 1. The Bertz CT molecular complexity index is 1320. The summed E-state index contributed by atoms with van der Waals surface area (Å²) in [5.74, 6) is -0.219. The number of Topliss-reactive ketones (excluding diaryl/α,β-unsaturated/α-hetero) is 1. The first-order chi connectivity index (χ1) is 16.3. The molecule has 34 heavy (non-hydrogen) atoms. The van der Waals surface area contributed by atoms with Crippen molar-refractivity contribution in [2.24, 2.45) is 0 Å². The molecule has 1 fully saturated rings. The van der Waals surface area contributed by atoms with Gasteiger partial charge in [-0.25, -0.2) is 8.42 Å². The minimum absolute atomic E-state index is 0.105. The highest BCUT2D eigenvalue weighted by Gasteiger charge is 2.31. The minimum atomic E-state index is -3.70. The molecular weight excluding hydrogens is 468 g/mol. The molecule has 3 aromatic rings. The highest BCUT2D eigenvalue weighted by atomic mass is 32.2. The van der Waals surface area contributed by atoms with Gasteiger partial charge in [-0.1, -0.05) is 48.0 Å². The Balaban J connectivity index is 1.51. The molecule has 1 amide bonds. The molecule has 0 unspecified atom stereocenters. The molecule has 0 aliphatic carbocycles. The van der Waals surface area contributed by atoms with E-state index in [1.54, 1.807) is 4.90 Å². The molecule has 8 heteroatoms. The fourth-order valence-electron chi connectivity index (χ4n) is 3.91. The third-order valence-corrected chi connectivity index (χ3v) is 8.61. The van der Waals surface area contributed by atoms with Gasteiger partial charge in [0, 0.05) is 36.6 Å². The zero-order valence-corrected chi connectivity index (χ0v) is 20.7. The van der Waals surface area contributed by atoms with Crippen molar-refractivity contribution in [2.45, 2.75) is 18.7 Å². The Morgan fingerprint density at radius 3 is 2.24 bits per heavy atom. The lowest BCUT2D eigenvalue weighted by molar-refractivity contribution is -0.126. The van der Waals surface area contributed by atoms with Crippen molar-refractivity contribution < 1.29 is 18.0 Å². The number of carbonyl (C=O) groups is 2. The number of nitrogens with zero attached hydrogens (tertiary/aromatic N) is 2. The van der Waals surface area contributed by atoms with Gasteiger partial charge in [0.15, 0.2) is 5.78 Å². The predicted molar refractivity (Wildman–Crippen MR) is 135 cm³/mol. The summed E-state index contributed by atoms with van der Waals surface area (Å²) in [6, 6.07) is 17.8. The Morgan fingerprint density at radius 1 is 0.941 bits per heavy atom. The molecule has 1 aliphatic rings. The number of carbonyl (C=O) groups excluding carboxylic acids is 2. The van der Waals surface area contributed by atoms with Crippen molar-refractivity contribution in [2.75, 3.05) is 26.2 Å². The molecule has 0 bridgehead atoms. The summed E-state index contributed by atoms with van der Waals surface area (Å²) in [5, 5.41) is 1.94. The Hall–Kier alpha value is -3.07. The monoisotopic (exact) mass is 494 g/mol. The molecule has 4 rings (SSSR count). The van der Waals surface area contributed by atoms with E-state index < -0.39 is 10.0 Å². The Kier molecular flexibility index (Phi) is 7.11. The lowest BCUT2D eigenvalue weighted by Gasteiger charge is -2.34. The molecule has 1 aromatic heterocycles. The van der Waals surface area contributed by atoms with Gasteiger partial charge in [0.05, 0.1) is 10.5 Å². The van der Waals surface area contributed by atoms with Crippen LogP contribution in [0.2, 0.25) is 0 Å². The average molecular weight is 495 g/mol. The molecule has 2 heterocycles. The number of rotatable bonds is 6. The summed E-state index contributed by atoms with van der Waals surface area (Å²) in [6.45, 7) is 4.49. The zero-order valence-electron chi connectivity index (χ0n) is 19.1. The van der Waals surface area contributed by atoms with Crippen LogP contribution in [-0.4, -0.2) is 55.5 Å². The molecule has 1 aliphatic heterocycles. The van der Waals surface area contributed by atoms with Crippen LogP contribution >= 0.6 is 11.3 Å². The average Bonchev–Trinajstić information content (AvgIpc) is 3.37. The highest BCUT2D eigenvalue weighted by Crippen LogP contribution is 2.27. The second-order valence-corrected chi connectivity index (χ2v) is 11.1. The van der Waals surface area contributed by atoms with Crippen LogP contribution in [-0.2, 0) is 14.8 Å². The van der Waals surface area contributed by atoms with Crippen molar-refractivity contribution in [3.8, 4) is 0 Å². The van der Waals surface area contributed by atoms with E-state index in [1.807, 2.05) is 54.8 Å². The van der Waals surface area contributed by atoms with Crippen molar-refractivity contribution >= 4 is 44.7 Å². The molecule has 0 spiro atoms. The summed E-state index contributed by atoms with van der Waals surface area (Å²) in [5.41, 5.74) is 3.14. The molecular formula is C26H26N2O4S2. The fraction of sp³-hybridized carbons (Fsp3) is 0.231. The number of hydrogen-bond acceptors (Lipinski definition) is 5. The van der Waals surface area contributed by atoms with Gasteiger partial charge in [0.2, 0.25) is 10.0 Å². The largest absolute Gasteiger partial charge is 0.336 e. The molecule has 0 atom stereocenters. The van der Waals surface area contributed by atoms with Crippen LogP contribution in [0, 0.1) is 6.92 Å². The fourth-order valence-corrected chi connectivity index (χ4v) is 6.07. The number of hydrogen-bond donors (Lipinski definition) is 0. The standard InChI is InChI=1S/C26H26N2O4S2/c1-19-5-3-6-21(17-19)18-24(25-7-4-16-33-25)26(30)27-12-14-28(15-13-27)34(31,32)23-10-8-22(9-11-23)20(2)29/h3-11,16-18H,12-15H2,1-2H3. The topological polar surface area (TPSA) is 74.8 Å². The van der Waals surface area contributed by atoms with E-state index >= 15 is 0 Å². The first-order valence-electron chi connectivity index (χ1n) is 11.0. The maximum absolute atomic E-state index is 13.5. The number of ketones is 1. The molecule has 1 saturated heterocycles. The van der Waals surface area contributed by atoms with E-state index in [0.717, 1.165) is 16.0 Å². The summed E-state index contributed by atoms with van der Waals surface area (Å²) in [4.78, 5) is 27.7. The van der Waals surface area contributed by atoms with E-state index in [1.165, 1.54) is 46.8 Å². The second-order valence-electron chi connectivity index (χ2n) is 8.23. The first-order valence-corrected chi connectivity index (χ1v) is 13.3. The minimum Gasteiger partial charge on any atom is -0.336 e. The summed E-state index contributed by atoms with van der Waals surface area (Å²) < 4.78 is 27.5. The van der Waals surface area contributed by atoms with Gasteiger partial charge >= 0.3 is 0 Å². The maximum Gasteiger partial charge on any atom is 0.255 e. The number of benzene rings is 2. The van der Waals surface area contributed by atoms with E-state index in [2.05, 4.69) is 0 Å². The summed E-state index contributed by atoms with van der Waals surface area (Å²) in [7, 11) is -3.70. The molecule has 0 N–H and O–H groups in total. The van der Waals surface area contributed by atoms with Gasteiger partial charge in [0.1, 0.15) is 0 Å². The Labute approximate surface area is 204 Å². The van der Waals surface area contributed by atoms with Crippen LogP contribution in [0.4, 0.5) is 0 Å². The lowest BCUT2D eigenvalue weighted by atomic mass is 10.1. The number of piperazine rings is 1. The van der Waals surface area contributed by atoms with Crippen LogP contribution < -0.4 is 0 Å². The van der Waals surface area contributed by atoms with Crippen molar-refractivity contribution in [3.05, 3.63) is 87.6 Å². The van der Waals surface area contributed by atoms with Crippen LogP contribution in [0.1, 0.15) is 33.3 Å². The van der Waals surface area contributed by atoms with Gasteiger partial charge in [-0.2, -0.15) is 4.31 Å². The van der Waals surface area contributed by atoms with Gasteiger partial charge < -0.3 is 4.90 Å². The van der Waals surface area contributed by atoms with Crippen LogP contribution in [0.3, 0.4) is 0 Å². The van der Waals surface area contributed by atoms with Gasteiger partial charge in [-0.3, -0.25) is 9.59 Å². The predicted octanol–water partition coefficient (Wildman–Crippen LogP) is 4.33. The maximum atomic E-state index is 13.5. The van der Waals surface area contributed by atoms with Crippen LogP contribution in [0.15, 0.2) is 70.9 Å². The zero-order chi connectivity index (χ0) is 24.3. The Morgan fingerprint density at radius 2 is 1.65 bits per heavy atom. The molecule has 6 nitrogen and oxygen atoms in total. The van der Waals surface area contributed by atoms with Gasteiger partial charge in [-0.15, -0.1) is 11.3 Å². The third kappa shape index (κ3) is 5.19.